The summed E-state index contributed by atoms with van der Waals surface area (Å²) in [6.45, 7) is 27.5. The standard InChI is InChI=1S/C29H43N2/c1-26(2,3)30(27(4,5)6)22-13-15-24-20(18-22)17-21-19-23(14-16-25(21)24)31(28(7,8)9)29(10,11)12/h13-19H,1-12H3. The molecule has 3 rings (SSSR count). The third kappa shape index (κ3) is 4.64. The fourth-order valence-corrected chi connectivity index (χ4v) is 5.84. The van der Waals surface area contributed by atoms with Gasteiger partial charge in [0.2, 0.25) is 0 Å². The Morgan fingerprint density at radius 1 is 0.452 bits per heavy atom. The lowest BCUT2D eigenvalue weighted by molar-refractivity contribution is 0.380. The van der Waals surface area contributed by atoms with E-state index in [9.17, 15) is 0 Å². The molecule has 1 aliphatic rings. The Hall–Kier alpha value is -1.96. The van der Waals surface area contributed by atoms with E-state index >= 15 is 0 Å². The van der Waals surface area contributed by atoms with Gasteiger partial charge in [-0.05, 0) is 130 Å². The van der Waals surface area contributed by atoms with Crippen LogP contribution in [0.4, 0.5) is 11.4 Å². The zero-order valence-electron chi connectivity index (χ0n) is 21.9. The zero-order valence-corrected chi connectivity index (χ0v) is 21.9. The van der Waals surface area contributed by atoms with Crippen molar-refractivity contribution in [1.29, 1.82) is 0 Å². The van der Waals surface area contributed by atoms with Crippen LogP contribution in [0.25, 0.3) is 11.1 Å². The van der Waals surface area contributed by atoms with Crippen LogP contribution in [0.5, 0.6) is 0 Å². The summed E-state index contributed by atoms with van der Waals surface area (Å²) < 4.78 is 0. The van der Waals surface area contributed by atoms with Gasteiger partial charge in [0.1, 0.15) is 0 Å². The zero-order chi connectivity index (χ0) is 23.6. The third-order valence-corrected chi connectivity index (χ3v) is 5.87. The SMILES string of the molecule is CC(C)(C)N(c1ccc2c(c1)[CH]c1cc(N(C(C)(C)C)C(C)(C)C)ccc1-2)C(C)(C)C. The van der Waals surface area contributed by atoms with E-state index in [1.54, 1.807) is 0 Å². The molecule has 0 saturated heterocycles. The quantitative estimate of drug-likeness (QED) is 0.414. The van der Waals surface area contributed by atoms with Crippen LogP contribution in [0, 0.1) is 6.42 Å². The second-order valence-electron chi connectivity index (χ2n) is 13.0. The Morgan fingerprint density at radius 2 is 0.742 bits per heavy atom. The van der Waals surface area contributed by atoms with E-state index in [4.69, 9.17) is 0 Å². The minimum Gasteiger partial charge on any atom is -0.362 e. The van der Waals surface area contributed by atoms with Crippen LogP contribution in [0.2, 0.25) is 0 Å². The molecule has 0 atom stereocenters. The van der Waals surface area contributed by atoms with E-state index in [2.05, 4.69) is 136 Å². The highest BCUT2D eigenvalue weighted by Crippen LogP contribution is 2.44. The summed E-state index contributed by atoms with van der Waals surface area (Å²) in [4.78, 5) is 5.06. The lowest BCUT2D eigenvalue weighted by Gasteiger charge is -2.47. The molecule has 0 bridgehead atoms. The monoisotopic (exact) mass is 419 g/mol. The van der Waals surface area contributed by atoms with Gasteiger partial charge in [0.25, 0.3) is 0 Å². The molecule has 0 fully saturated rings. The Bertz CT molecular complexity index is 849. The number of hydrogen-bond donors (Lipinski definition) is 0. The van der Waals surface area contributed by atoms with Gasteiger partial charge < -0.3 is 9.80 Å². The molecule has 0 aliphatic heterocycles. The van der Waals surface area contributed by atoms with Crippen molar-refractivity contribution in [3.8, 4) is 11.1 Å². The lowest BCUT2D eigenvalue weighted by atomic mass is 9.93. The number of benzene rings is 2. The highest BCUT2D eigenvalue weighted by Gasteiger charge is 2.34. The van der Waals surface area contributed by atoms with Crippen molar-refractivity contribution < 1.29 is 0 Å². The van der Waals surface area contributed by atoms with Crippen molar-refractivity contribution in [2.24, 2.45) is 0 Å². The first-order valence-electron chi connectivity index (χ1n) is 11.6. The fourth-order valence-electron chi connectivity index (χ4n) is 5.84. The van der Waals surface area contributed by atoms with Gasteiger partial charge >= 0.3 is 0 Å². The Kier molecular flexibility index (Phi) is 5.57. The molecule has 169 valence electrons. The van der Waals surface area contributed by atoms with Crippen LogP contribution in [0.3, 0.4) is 0 Å². The van der Waals surface area contributed by atoms with E-state index < -0.39 is 0 Å². The van der Waals surface area contributed by atoms with E-state index in [0.717, 1.165) is 0 Å². The maximum Gasteiger partial charge on any atom is 0.0378 e. The van der Waals surface area contributed by atoms with Crippen molar-refractivity contribution in [1.82, 2.24) is 0 Å². The van der Waals surface area contributed by atoms with Crippen molar-refractivity contribution in [3.63, 3.8) is 0 Å². The van der Waals surface area contributed by atoms with Crippen LogP contribution in [-0.4, -0.2) is 22.2 Å². The van der Waals surface area contributed by atoms with Gasteiger partial charge in [0.05, 0.1) is 0 Å². The predicted octanol–water partition coefficient (Wildman–Crippen LogP) is 8.07. The maximum atomic E-state index is 2.53. The number of fused-ring (bicyclic) bond motifs is 3. The molecule has 0 unspecified atom stereocenters. The molecule has 0 aromatic heterocycles. The molecule has 31 heavy (non-hydrogen) atoms. The summed E-state index contributed by atoms with van der Waals surface area (Å²) in [5, 5.41) is 0. The summed E-state index contributed by atoms with van der Waals surface area (Å²) >= 11 is 0. The summed E-state index contributed by atoms with van der Waals surface area (Å²) in [5.41, 5.74) is 8.08. The molecule has 1 aliphatic carbocycles. The summed E-state index contributed by atoms with van der Waals surface area (Å²) in [6.07, 6.45) is 2.37. The number of rotatable bonds is 2. The Balaban J connectivity index is 2.03. The van der Waals surface area contributed by atoms with Crippen LogP contribution in [0.15, 0.2) is 36.4 Å². The molecule has 0 amide bonds. The normalized spacial score (nSPS) is 14.3. The van der Waals surface area contributed by atoms with Gasteiger partial charge in [-0.3, -0.25) is 0 Å². The molecule has 2 nitrogen and oxygen atoms in total. The van der Waals surface area contributed by atoms with Crippen molar-refractivity contribution >= 4 is 11.4 Å². The molecule has 2 heteroatoms. The molecule has 0 spiro atoms. The van der Waals surface area contributed by atoms with Gasteiger partial charge in [-0.1, -0.05) is 12.1 Å². The van der Waals surface area contributed by atoms with Crippen LogP contribution < -0.4 is 9.80 Å². The second kappa shape index (κ2) is 7.29. The highest BCUT2D eigenvalue weighted by atomic mass is 15.2. The number of anilines is 2. The second-order valence-corrected chi connectivity index (χ2v) is 13.0. The number of hydrogen-bond acceptors (Lipinski definition) is 2. The largest absolute Gasteiger partial charge is 0.362 e. The van der Waals surface area contributed by atoms with Gasteiger partial charge in [-0.25, -0.2) is 0 Å². The van der Waals surface area contributed by atoms with Gasteiger partial charge in [0.15, 0.2) is 0 Å². The maximum absolute atomic E-state index is 2.53. The molecule has 2 aromatic rings. The van der Waals surface area contributed by atoms with Gasteiger partial charge in [-0.2, -0.15) is 0 Å². The van der Waals surface area contributed by atoms with E-state index in [-0.39, 0.29) is 22.2 Å². The van der Waals surface area contributed by atoms with E-state index in [0.29, 0.717) is 0 Å². The average molecular weight is 420 g/mol. The molecule has 1 radical (unpaired) electrons. The third-order valence-electron chi connectivity index (χ3n) is 5.87. The van der Waals surface area contributed by atoms with Crippen LogP contribution in [-0.2, 0) is 0 Å². The molecule has 2 aromatic carbocycles. The molecule has 0 saturated carbocycles. The summed E-state index contributed by atoms with van der Waals surface area (Å²) in [5.74, 6) is 0. The van der Waals surface area contributed by atoms with Crippen molar-refractivity contribution in [2.45, 2.75) is 105 Å². The van der Waals surface area contributed by atoms with Crippen LogP contribution in [0.1, 0.15) is 94.2 Å². The smallest absolute Gasteiger partial charge is 0.0378 e. The van der Waals surface area contributed by atoms with Crippen molar-refractivity contribution in [3.05, 3.63) is 53.9 Å². The summed E-state index contributed by atoms with van der Waals surface area (Å²) in [6, 6.07) is 13.9. The van der Waals surface area contributed by atoms with E-state index in [1.807, 2.05) is 0 Å². The Morgan fingerprint density at radius 3 is 1.00 bits per heavy atom. The van der Waals surface area contributed by atoms with Crippen LogP contribution >= 0.6 is 0 Å². The summed E-state index contributed by atoms with van der Waals surface area (Å²) in [7, 11) is 0. The predicted molar refractivity (Wildman–Crippen MR) is 138 cm³/mol. The molecular weight excluding hydrogens is 376 g/mol. The van der Waals surface area contributed by atoms with Crippen molar-refractivity contribution in [2.75, 3.05) is 9.80 Å². The lowest BCUT2D eigenvalue weighted by Crippen LogP contribution is -2.53. The Labute approximate surface area is 191 Å². The first-order chi connectivity index (χ1) is 13.9. The molecule has 0 heterocycles. The molecule has 0 N–H and O–H groups in total. The highest BCUT2D eigenvalue weighted by molar-refractivity contribution is 5.84. The minimum absolute atomic E-state index is 0.0467. The molecular formula is C29H43N2. The average Bonchev–Trinajstić information content (AvgIpc) is 2.85. The van der Waals surface area contributed by atoms with Gasteiger partial charge in [-0.15, -0.1) is 0 Å². The topological polar surface area (TPSA) is 6.48 Å². The first kappa shape index (κ1) is 23.7. The number of nitrogens with zero attached hydrogens (tertiary/aromatic N) is 2. The minimum atomic E-state index is 0.0467. The fraction of sp³-hybridized carbons (Fsp3) is 0.552. The van der Waals surface area contributed by atoms with E-state index in [1.165, 1.54) is 33.6 Å². The van der Waals surface area contributed by atoms with Gasteiger partial charge in [0, 0.05) is 40.0 Å². The first-order valence-corrected chi connectivity index (χ1v) is 11.6.